The van der Waals surface area contributed by atoms with Crippen molar-refractivity contribution in [3.63, 3.8) is 0 Å². The number of amides is 2. The van der Waals surface area contributed by atoms with Gasteiger partial charge < -0.3 is 20.5 Å². The second-order valence-electron chi connectivity index (χ2n) is 8.23. The van der Waals surface area contributed by atoms with Crippen molar-refractivity contribution in [2.45, 2.75) is 37.9 Å². The topological polar surface area (TPSA) is 105 Å². The monoisotopic (exact) mass is 478 g/mol. The maximum Gasteiger partial charge on any atom is 0.419 e. The molecule has 0 bridgehead atoms. The summed E-state index contributed by atoms with van der Waals surface area (Å²) in [6, 6.07) is 12.9. The summed E-state index contributed by atoms with van der Waals surface area (Å²) in [5.41, 5.74) is 4.37. The summed E-state index contributed by atoms with van der Waals surface area (Å²) >= 11 is 0. The van der Waals surface area contributed by atoms with Gasteiger partial charge in [-0.15, -0.1) is 0 Å². The van der Waals surface area contributed by atoms with E-state index in [1.165, 1.54) is 5.32 Å². The smallest absolute Gasteiger partial charge is 0.419 e. The molecule has 2 atom stereocenters. The molecule has 2 aromatic rings. The SMILES string of the molecule is CC(CCNC(=O)OCC1c2ccccc2-c2ccccc21)CC(=O)NC(C(=O)O)C(F)(F)F. The molecule has 34 heavy (non-hydrogen) atoms. The van der Waals surface area contributed by atoms with E-state index in [1.807, 2.05) is 48.5 Å². The maximum absolute atomic E-state index is 12.7. The Hall–Kier alpha value is -3.56. The number of alkyl halides is 3. The molecule has 3 rings (SSSR count). The van der Waals surface area contributed by atoms with E-state index < -0.39 is 36.1 Å². The van der Waals surface area contributed by atoms with Crippen LogP contribution >= 0.6 is 0 Å². The first kappa shape index (κ1) is 25.1. The molecule has 0 aromatic heterocycles. The summed E-state index contributed by atoms with van der Waals surface area (Å²) in [4.78, 5) is 34.6. The number of benzene rings is 2. The Bertz CT molecular complexity index is 1010. The standard InChI is InChI=1S/C24H25F3N2O5/c1-14(12-20(30)29-21(22(31)32)24(25,26)27)10-11-28-23(33)34-13-19-17-8-4-2-6-15(17)16-7-3-5-9-18(16)19/h2-9,14,19,21H,10-13H2,1H3,(H,28,33)(H,29,30)(H,31,32). The molecule has 0 radical (unpaired) electrons. The minimum Gasteiger partial charge on any atom is -0.479 e. The van der Waals surface area contributed by atoms with Crippen LogP contribution in [0.3, 0.4) is 0 Å². The molecular weight excluding hydrogens is 453 g/mol. The van der Waals surface area contributed by atoms with Gasteiger partial charge in [0, 0.05) is 18.9 Å². The van der Waals surface area contributed by atoms with Crippen LogP contribution in [0, 0.1) is 5.92 Å². The first-order valence-corrected chi connectivity index (χ1v) is 10.8. The first-order valence-electron chi connectivity index (χ1n) is 10.8. The average Bonchev–Trinajstić information content (AvgIpc) is 3.09. The van der Waals surface area contributed by atoms with Crippen LogP contribution in [0.1, 0.15) is 36.8 Å². The number of fused-ring (bicyclic) bond motifs is 3. The van der Waals surface area contributed by atoms with Gasteiger partial charge in [-0.3, -0.25) is 4.79 Å². The normalized spacial score (nSPS) is 14.5. The van der Waals surface area contributed by atoms with Gasteiger partial charge in [0.2, 0.25) is 11.9 Å². The number of halogens is 3. The zero-order valence-electron chi connectivity index (χ0n) is 18.4. The summed E-state index contributed by atoms with van der Waals surface area (Å²) in [5, 5.41) is 12.7. The van der Waals surface area contributed by atoms with Gasteiger partial charge in [-0.25, -0.2) is 9.59 Å². The van der Waals surface area contributed by atoms with Gasteiger partial charge in [0.25, 0.3) is 0 Å². The molecule has 0 saturated carbocycles. The number of carbonyl (C=O) groups excluding carboxylic acids is 2. The first-order chi connectivity index (χ1) is 16.1. The van der Waals surface area contributed by atoms with E-state index >= 15 is 0 Å². The van der Waals surface area contributed by atoms with E-state index in [4.69, 9.17) is 9.84 Å². The molecule has 2 aromatic carbocycles. The number of alkyl carbamates (subject to hydrolysis) is 1. The Morgan fingerprint density at radius 3 is 2.12 bits per heavy atom. The highest BCUT2D eigenvalue weighted by Crippen LogP contribution is 2.44. The number of ether oxygens (including phenoxy) is 1. The van der Waals surface area contributed by atoms with Crippen LogP contribution in [0.4, 0.5) is 18.0 Å². The number of hydrogen-bond donors (Lipinski definition) is 3. The van der Waals surface area contributed by atoms with Gasteiger partial charge in [-0.1, -0.05) is 55.5 Å². The van der Waals surface area contributed by atoms with Crippen LogP contribution < -0.4 is 10.6 Å². The van der Waals surface area contributed by atoms with E-state index in [-0.39, 0.29) is 25.5 Å². The quantitative estimate of drug-likeness (QED) is 0.504. The largest absolute Gasteiger partial charge is 0.479 e. The van der Waals surface area contributed by atoms with E-state index in [0.29, 0.717) is 6.42 Å². The Morgan fingerprint density at radius 2 is 1.59 bits per heavy atom. The molecule has 3 N–H and O–H groups in total. The fourth-order valence-corrected chi connectivity index (χ4v) is 3.99. The summed E-state index contributed by atoms with van der Waals surface area (Å²) < 4.78 is 43.4. The van der Waals surface area contributed by atoms with Gasteiger partial charge in [0.15, 0.2) is 0 Å². The van der Waals surface area contributed by atoms with E-state index in [2.05, 4.69) is 5.32 Å². The number of aliphatic carboxylic acids is 1. The molecule has 0 spiro atoms. The van der Waals surface area contributed by atoms with Crippen molar-refractivity contribution >= 4 is 18.0 Å². The summed E-state index contributed by atoms with van der Waals surface area (Å²) in [6.45, 7) is 1.90. The number of carboxylic acid groups (broad SMARTS) is 1. The zero-order valence-corrected chi connectivity index (χ0v) is 18.4. The van der Waals surface area contributed by atoms with Crippen LogP contribution in [0.15, 0.2) is 48.5 Å². The molecule has 0 heterocycles. The number of carbonyl (C=O) groups is 3. The van der Waals surface area contributed by atoms with Crippen LogP contribution in [0.2, 0.25) is 0 Å². The number of hydrogen-bond acceptors (Lipinski definition) is 4. The third kappa shape index (κ3) is 6.06. The Balaban J connectivity index is 1.43. The Kier molecular flexibility index (Phi) is 7.80. The van der Waals surface area contributed by atoms with Crippen molar-refractivity contribution in [3.05, 3.63) is 59.7 Å². The van der Waals surface area contributed by atoms with Gasteiger partial charge in [0.1, 0.15) is 6.61 Å². The lowest BCUT2D eigenvalue weighted by Gasteiger charge is -2.19. The third-order valence-corrected chi connectivity index (χ3v) is 5.66. The minimum absolute atomic E-state index is 0.0865. The molecular formula is C24H25F3N2O5. The molecule has 0 saturated heterocycles. The predicted octanol–water partition coefficient (Wildman–Crippen LogP) is 4.07. The Labute approximate surface area is 194 Å². The van der Waals surface area contributed by atoms with Crippen LogP contribution in [0.25, 0.3) is 11.1 Å². The lowest BCUT2D eigenvalue weighted by Crippen LogP contribution is -2.50. The summed E-state index contributed by atoms with van der Waals surface area (Å²) in [6.07, 6.45) is -5.74. The van der Waals surface area contributed by atoms with Crippen LogP contribution in [0.5, 0.6) is 0 Å². The highest BCUT2D eigenvalue weighted by Gasteiger charge is 2.46. The second-order valence-corrected chi connectivity index (χ2v) is 8.23. The van der Waals surface area contributed by atoms with Gasteiger partial charge in [-0.05, 0) is 34.6 Å². The summed E-state index contributed by atoms with van der Waals surface area (Å²) in [5.74, 6) is -3.68. The van der Waals surface area contributed by atoms with Crippen LogP contribution in [-0.4, -0.2) is 48.4 Å². The molecule has 7 nitrogen and oxygen atoms in total. The molecule has 0 aliphatic heterocycles. The van der Waals surface area contributed by atoms with Gasteiger partial charge >= 0.3 is 18.2 Å². The fourth-order valence-electron chi connectivity index (χ4n) is 3.99. The highest BCUT2D eigenvalue weighted by molar-refractivity contribution is 5.84. The van der Waals surface area contributed by atoms with Gasteiger partial charge in [-0.2, -0.15) is 13.2 Å². The number of nitrogens with one attached hydrogen (secondary N) is 2. The number of rotatable bonds is 9. The van der Waals surface area contributed by atoms with E-state index in [9.17, 15) is 27.6 Å². The number of carboxylic acids is 1. The van der Waals surface area contributed by atoms with Crippen LogP contribution in [-0.2, 0) is 14.3 Å². The zero-order chi connectivity index (χ0) is 24.9. The molecule has 1 aliphatic rings. The maximum atomic E-state index is 12.7. The van der Waals surface area contributed by atoms with Gasteiger partial charge in [0.05, 0.1) is 0 Å². The van der Waals surface area contributed by atoms with Crippen molar-refractivity contribution in [2.75, 3.05) is 13.2 Å². The predicted molar refractivity (Wildman–Crippen MR) is 117 cm³/mol. The minimum atomic E-state index is -5.09. The molecule has 2 amide bonds. The highest BCUT2D eigenvalue weighted by atomic mass is 19.4. The molecule has 10 heteroatoms. The van der Waals surface area contributed by atoms with Crippen molar-refractivity contribution in [1.82, 2.24) is 10.6 Å². The lowest BCUT2D eigenvalue weighted by atomic mass is 9.98. The summed E-state index contributed by atoms with van der Waals surface area (Å²) in [7, 11) is 0. The van der Waals surface area contributed by atoms with Crippen molar-refractivity contribution in [3.8, 4) is 11.1 Å². The van der Waals surface area contributed by atoms with Crippen molar-refractivity contribution in [2.24, 2.45) is 5.92 Å². The molecule has 1 aliphatic carbocycles. The van der Waals surface area contributed by atoms with E-state index in [1.54, 1.807) is 6.92 Å². The second kappa shape index (κ2) is 10.6. The van der Waals surface area contributed by atoms with Crippen molar-refractivity contribution in [1.29, 1.82) is 0 Å². The fraction of sp³-hybridized carbons (Fsp3) is 0.375. The molecule has 182 valence electrons. The third-order valence-electron chi connectivity index (χ3n) is 5.66. The lowest BCUT2D eigenvalue weighted by molar-refractivity contribution is -0.182. The molecule has 2 unspecified atom stereocenters. The Morgan fingerprint density at radius 1 is 1.03 bits per heavy atom. The molecule has 0 fully saturated rings. The van der Waals surface area contributed by atoms with Crippen molar-refractivity contribution < 1.29 is 37.4 Å². The average molecular weight is 478 g/mol. The van der Waals surface area contributed by atoms with E-state index in [0.717, 1.165) is 22.3 Å².